The molecule has 6 nitrogen and oxygen atoms in total. The van der Waals surface area contributed by atoms with Gasteiger partial charge in [-0.2, -0.15) is 0 Å². The van der Waals surface area contributed by atoms with Crippen LogP contribution in [0.4, 0.5) is 5.69 Å². The summed E-state index contributed by atoms with van der Waals surface area (Å²) in [6, 6.07) is 5.92. The van der Waals surface area contributed by atoms with Gasteiger partial charge < -0.3 is 15.3 Å². The quantitative estimate of drug-likeness (QED) is 0.828. The molecule has 0 spiro atoms. The molecule has 0 saturated carbocycles. The minimum atomic E-state index is -0.966. The maximum absolute atomic E-state index is 12.7. The van der Waals surface area contributed by atoms with E-state index in [-0.39, 0.29) is 11.8 Å². The summed E-state index contributed by atoms with van der Waals surface area (Å²) in [5, 5.41) is 12.1. The fourth-order valence-corrected chi connectivity index (χ4v) is 2.97. The Hall–Kier alpha value is -2.37. The molecule has 1 aliphatic heterocycles. The molecule has 0 bridgehead atoms. The highest BCUT2D eigenvalue weighted by atomic mass is 16.4. The van der Waals surface area contributed by atoms with E-state index in [0.29, 0.717) is 36.6 Å². The molecule has 1 saturated heterocycles. The van der Waals surface area contributed by atoms with E-state index in [1.807, 2.05) is 0 Å². The summed E-state index contributed by atoms with van der Waals surface area (Å²) in [4.78, 5) is 37.5. The second-order valence-corrected chi connectivity index (χ2v) is 6.91. The summed E-state index contributed by atoms with van der Waals surface area (Å²) in [5.41, 5.74) is 0.957. The predicted octanol–water partition coefficient (Wildman–Crippen LogP) is 3.14. The number of carboxylic acids is 1. The summed E-state index contributed by atoms with van der Waals surface area (Å²) in [6.45, 7) is 4.56. The number of likely N-dealkylation sites (tertiary alicyclic amines) is 1. The predicted molar refractivity (Wildman–Crippen MR) is 95.5 cm³/mol. The van der Waals surface area contributed by atoms with E-state index in [1.165, 1.54) is 4.90 Å². The van der Waals surface area contributed by atoms with Crippen LogP contribution in [-0.4, -0.2) is 40.4 Å². The Bertz CT molecular complexity index is 642. The summed E-state index contributed by atoms with van der Waals surface area (Å²) in [5.74, 6) is -0.901. The molecule has 2 N–H and O–H groups in total. The Morgan fingerprint density at radius 2 is 2.04 bits per heavy atom. The van der Waals surface area contributed by atoms with Crippen molar-refractivity contribution in [2.75, 3.05) is 11.9 Å². The van der Waals surface area contributed by atoms with Crippen molar-refractivity contribution in [1.82, 2.24) is 4.90 Å². The van der Waals surface area contributed by atoms with Crippen molar-refractivity contribution in [2.24, 2.45) is 5.92 Å². The molecule has 1 aromatic rings. The smallest absolute Gasteiger partial charge is 0.326 e. The number of nitrogens with zero attached hydrogens (tertiary/aromatic N) is 1. The van der Waals surface area contributed by atoms with Crippen LogP contribution in [0.15, 0.2) is 24.3 Å². The van der Waals surface area contributed by atoms with Crippen LogP contribution in [0.5, 0.6) is 0 Å². The van der Waals surface area contributed by atoms with Crippen LogP contribution in [-0.2, 0) is 9.59 Å². The first kappa shape index (κ1) is 19.0. The number of rotatable bonds is 6. The second kappa shape index (κ2) is 8.65. The molecule has 136 valence electrons. The van der Waals surface area contributed by atoms with Gasteiger partial charge in [0.2, 0.25) is 5.91 Å². The average molecular weight is 346 g/mol. The van der Waals surface area contributed by atoms with Crippen LogP contribution < -0.4 is 5.32 Å². The second-order valence-electron chi connectivity index (χ2n) is 6.91. The molecule has 2 amide bonds. The molecule has 2 rings (SSSR count). The highest BCUT2D eigenvalue weighted by Gasteiger charge is 2.32. The fourth-order valence-electron chi connectivity index (χ4n) is 2.97. The van der Waals surface area contributed by atoms with E-state index >= 15 is 0 Å². The molecule has 1 unspecified atom stereocenters. The highest BCUT2D eigenvalue weighted by molar-refractivity contribution is 5.98. The first-order valence-corrected chi connectivity index (χ1v) is 8.82. The number of nitrogens with one attached hydrogen (secondary N) is 1. The molecule has 1 aliphatic rings. The topological polar surface area (TPSA) is 86.7 Å². The lowest BCUT2D eigenvalue weighted by Gasteiger charge is -2.33. The SMILES string of the molecule is CC(C)CCC(=O)Nc1cccc(C(=O)N2CCCCC2C(=O)O)c1. The van der Waals surface area contributed by atoms with E-state index in [2.05, 4.69) is 19.2 Å². The zero-order valence-corrected chi connectivity index (χ0v) is 14.8. The number of carboxylic acid groups (broad SMARTS) is 1. The lowest BCUT2D eigenvalue weighted by Crippen LogP contribution is -2.48. The Balaban J connectivity index is 2.08. The minimum Gasteiger partial charge on any atom is -0.480 e. The third kappa shape index (κ3) is 5.31. The molecule has 1 aromatic carbocycles. The normalized spacial score (nSPS) is 17.4. The van der Waals surface area contributed by atoms with Gasteiger partial charge >= 0.3 is 5.97 Å². The van der Waals surface area contributed by atoms with Gasteiger partial charge in [0.1, 0.15) is 6.04 Å². The molecular formula is C19H26N2O4. The van der Waals surface area contributed by atoms with Crippen LogP contribution >= 0.6 is 0 Å². The first-order valence-electron chi connectivity index (χ1n) is 8.82. The molecule has 1 fully saturated rings. The van der Waals surface area contributed by atoms with Gasteiger partial charge in [-0.15, -0.1) is 0 Å². The molecule has 25 heavy (non-hydrogen) atoms. The van der Waals surface area contributed by atoms with Crippen molar-refractivity contribution in [3.63, 3.8) is 0 Å². The lowest BCUT2D eigenvalue weighted by atomic mass is 10.0. The number of aliphatic carboxylic acids is 1. The molecule has 0 aliphatic carbocycles. The summed E-state index contributed by atoms with van der Waals surface area (Å²) in [7, 11) is 0. The molecule has 0 radical (unpaired) electrons. The molecule has 1 heterocycles. The maximum atomic E-state index is 12.7. The zero-order valence-electron chi connectivity index (χ0n) is 14.8. The van der Waals surface area contributed by atoms with Gasteiger partial charge in [-0.25, -0.2) is 4.79 Å². The number of hydrogen-bond acceptors (Lipinski definition) is 3. The summed E-state index contributed by atoms with van der Waals surface area (Å²) < 4.78 is 0. The van der Waals surface area contributed by atoms with Gasteiger partial charge in [0.05, 0.1) is 0 Å². The number of amides is 2. The molecule has 1 atom stereocenters. The van der Waals surface area contributed by atoms with E-state index in [9.17, 15) is 19.5 Å². The van der Waals surface area contributed by atoms with Gasteiger partial charge in [-0.1, -0.05) is 19.9 Å². The van der Waals surface area contributed by atoms with Crippen molar-refractivity contribution < 1.29 is 19.5 Å². The van der Waals surface area contributed by atoms with Gasteiger partial charge in [0, 0.05) is 24.2 Å². The Labute approximate surface area is 148 Å². The van der Waals surface area contributed by atoms with Gasteiger partial charge in [-0.05, 0) is 49.8 Å². The lowest BCUT2D eigenvalue weighted by molar-refractivity contribution is -0.143. The minimum absolute atomic E-state index is 0.0836. The van der Waals surface area contributed by atoms with Crippen LogP contribution in [0, 0.1) is 5.92 Å². The highest BCUT2D eigenvalue weighted by Crippen LogP contribution is 2.21. The Morgan fingerprint density at radius 3 is 2.72 bits per heavy atom. The number of anilines is 1. The van der Waals surface area contributed by atoms with E-state index < -0.39 is 12.0 Å². The number of benzene rings is 1. The number of piperidine rings is 1. The van der Waals surface area contributed by atoms with E-state index in [1.54, 1.807) is 24.3 Å². The van der Waals surface area contributed by atoms with Crippen molar-refractivity contribution in [3.05, 3.63) is 29.8 Å². The average Bonchev–Trinajstić information content (AvgIpc) is 2.59. The molecular weight excluding hydrogens is 320 g/mol. The number of hydrogen-bond donors (Lipinski definition) is 2. The van der Waals surface area contributed by atoms with Gasteiger partial charge in [0.15, 0.2) is 0 Å². The molecule has 0 aromatic heterocycles. The van der Waals surface area contributed by atoms with Gasteiger partial charge in [-0.3, -0.25) is 9.59 Å². The summed E-state index contributed by atoms with van der Waals surface area (Å²) >= 11 is 0. The van der Waals surface area contributed by atoms with Crippen LogP contribution in [0.25, 0.3) is 0 Å². The van der Waals surface area contributed by atoms with Crippen LogP contribution in [0.2, 0.25) is 0 Å². The van der Waals surface area contributed by atoms with Crippen molar-refractivity contribution >= 4 is 23.5 Å². The monoisotopic (exact) mass is 346 g/mol. The molecule has 6 heteroatoms. The van der Waals surface area contributed by atoms with Gasteiger partial charge in [0.25, 0.3) is 5.91 Å². The third-order valence-corrected chi connectivity index (χ3v) is 4.39. The largest absolute Gasteiger partial charge is 0.480 e. The van der Waals surface area contributed by atoms with Crippen molar-refractivity contribution in [1.29, 1.82) is 0 Å². The number of carbonyl (C=O) groups excluding carboxylic acids is 2. The Kier molecular flexibility index (Phi) is 6.56. The number of carbonyl (C=O) groups is 3. The maximum Gasteiger partial charge on any atom is 0.326 e. The fraction of sp³-hybridized carbons (Fsp3) is 0.526. The van der Waals surface area contributed by atoms with E-state index in [0.717, 1.165) is 19.3 Å². The van der Waals surface area contributed by atoms with Crippen molar-refractivity contribution in [3.8, 4) is 0 Å². The van der Waals surface area contributed by atoms with Crippen molar-refractivity contribution in [2.45, 2.75) is 52.0 Å². The Morgan fingerprint density at radius 1 is 1.28 bits per heavy atom. The zero-order chi connectivity index (χ0) is 18.4. The van der Waals surface area contributed by atoms with E-state index in [4.69, 9.17) is 0 Å². The summed E-state index contributed by atoms with van der Waals surface area (Å²) in [6.07, 6.45) is 3.34. The van der Waals surface area contributed by atoms with Crippen LogP contribution in [0.1, 0.15) is 56.3 Å². The standard InChI is InChI=1S/C19H26N2O4/c1-13(2)9-10-17(22)20-15-7-5-6-14(12-15)18(23)21-11-4-3-8-16(21)19(24)25/h5-7,12-13,16H,3-4,8-11H2,1-2H3,(H,20,22)(H,24,25). The first-order chi connectivity index (χ1) is 11.9. The third-order valence-electron chi connectivity index (χ3n) is 4.39. The van der Waals surface area contributed by atoms with Crippen LogP contribution in [0.3, 0.4) is 0 Å².